The highest BCUT2D eigenvalue weighted by molar-refractivity contribution is 5.46. The Morgan fingerprint density at radius 2 is 1.29 bits per heavy atom. The lowest BCUT2D eigenvalue weighted by Crippen LogP contribution is -2.01. The summed E-state index contributed by atoms with van der Waals surface area (Å²) in [5.74, 6) is 8.59. The molecule has 5 heteroatoms. The second kappa shape index (κ2) is 10.3. The van der Waals surface area contributed by atoms with Crippen LogP contribution in [0.25, 0.3) is 0 Å². The van der Waals surface area contributed by atoms with Crippen LogP contribution in [0.4, 0.5) is 8.78 Å². The van der Waals surface area contributed by atoms with Crippen molar-refractivity contribution in [2.45, 2.75) is 6.61 Å². The average Bonchev–Trinajstić information content (AvgIpc) is 2.67. The lowest BCUT2D eigenvalue weighted by Gasteiger charge is -2.03. The Kier molecular flexibility index (Phi) is 7.45. The first-order valence-electron chi connectivity index (χ1n) is 8.08. The van der Waals surface area contributed by atoms with E-state index in [4.69, 9.17) is 11.5 Å². The molecule has 0 heterocycles. The van der Waals surface area contributed by atoms with Gasteiger partial charge in [0.2, 0.25) is 0 Å². The lowest BCUT2D eigenvalue weighted by molar-refractivity contribution is -0.0498. The van der Waals surface area contributed by atoms with Gasteiger partial charge >= 0.3 is 6.61 Å². The first-order chi connectivity index (χ1) is 13.5. The third-order valence-corrected chi connectivity index (χ3v) is 3.29. The number of hydrogen-bond donors (Lipinski definition) is 2. The third-order valence-electron chi connectivity index (χ3n) is 3.29. The summed E-state index contributed by atoms with van der Waals surface area (Å²) in [5, 5.41) is 18.1. The summed E-state index contributed by atoms with van der Waals surface area (Å²) in [6, 6.07) is 19.2. The van der Waals surface area contributed by atoms with Gasteiger partial charge in [-0.05, 0) is 60.7 Å². The van der Waals surface area contributed by atoms with Gasteiger partial charge in [0.1, 0.15) is 17.2 Å². The monoisotopic (exact) mass is 378 g/mol. The second-order valence-corrected chi connectivity index (χ2v) is 5.40. The topological polar surface area (TPSA) is 49.7 Å². The molecule has 0 spiro atoms. The predicted octanol–water partition coefficient (Wildman–Crippen LogP) is 4.77. The minimum atomic E-state index is -2.83. The van der Waals surface area contributed by atoms with Crippen molar-refractivity contribution >= 4 is 0 Å². The first kappa shape index (κ1) is 20.4. The molecule has 2 N–H and O–H groups in total. The molecule has 0 fully saturated rings. The summed E-state index contributed by atoms with van der Waals surface area (Å²) >= 11 is 0. The maximum Gasteiger partial charge on any atom is 0.387 e. The summed E-state index contributed by atoms with van der Waals surface area (Å²) < 4.78 is 28.1. The second-order valence-electron chi connectivity index (χ2n) is 5.40. The van der Waals surface area contributed by atoms with Crippen molar-refractivity contribution in [1.29, 1.82) is 0 Å². The van der Waals surface area contributed by atoms with Gasteiger partial charge in [-0.3, -0.25) is 0 Å². The number of halogens is 2. The van der Waals surface area contributed by atoms with Crippen LogP contribution in [0.5, 0.6) is 17.2 Å². The number of hydrogen-bond acceptors (Lipinski definition) is 3. The van der Waals surface area contributed by atoms with E-state index in [1.807, 2.05) is 0 Å². The molecule has 0 atom stereocenters. The van der Waals surface area contributed by atoms with E-state index in [9.17, 15) is 13.9 Å². The van der Waals surface area contributed by atoms with Crippen molar-refractivity contribution in [2.75, 3.05) is 0 Å². The molecule has 3 rings (SSSR count). The van der Waals surface area contributed by atoms with Gasteiger partial charge in [-0.25, -0.2) is 0 Å². The van der Waals surface area contributed by atoms with Crippen molar-refractivity contribution in [2.24, 2.45) is 0 Å². The SMILES string of the molecule is C#Cc1cccc(O)c1.Oc1cccc(C#Cc2ccc(OC(F)F)cc2)c1. The Hall–Kier alpha value is -3.96. The molecule has 3 nitrogen and oxygen atoms in total. The fourth-order valence-corrected chi connectivity index (χ4v) is 2.04. The van der Waals surface area contributed by atoms with E-state index >= 15 is 0 Å². The number of benzene rings is 3. The van der Waals surface area contributed by atoms with Gasteiger partial charge in [0.25, 0.3) is 0 Å². The zero-order valence-corrected chi connectivity index (χ0v) is 14.6. The molecule has 0 aliphatic rings. The summed E-state index contributed by atoms with van der Waals surface area (Å²) in [5.41, 5.74) is 2.05. The minimum absolute atomic E-state index is 0.0953. The largest absolute Gasteiger partial charge is 0.508 e. The molecule has 0 saturated carbocycles. The molecule has 0 bridgehead atoms. The van der Waals surface area contributed by atoms with E-state index in [1.165, 1.54) is 12.1 Å². The van der Waals surface area contributed by atoms with Gasteiger partial charge in [0.05, 0.1) is 0 Å². The Morgan fingerprint density at radius 1 is 0.750 bits per heavy atom. The van der Waals surface area contributed by atoms with Crippen LogP contribution in [0, 0.1) is 24.2 Å². The normalized spacial score (nSPS) is 9.36. The Balaban J connectivity index is 0.000000261. The van der Waals surface area contributed by atoms with Gasteiger partial charge < -0.3 is 14.9 Å². The highest BCUT2D eigenvalue weighted by Gasteiger charge is 2.02. The molecule has 140 valence electrons. The van der Waals surface area contributed by atoms with Crippen molar-refractivity contribution < 1.29 is 23.7 Å². The number of alkyl halides is 2. The van der Waals surface area contributed by atoms with Gasteiger partial charge in [-0.1, -0.05) is 29.9 Å². The maximum atomic E-state index is 12.0. The smallest absolute Gasteiger partial charge is 0.387 e. The molecule has 3 aromatic carbocycles. The highest BCUT2D eigenvalue weighted by Crippen LogP contribution is 2.15. The van der Waals surface area contributed by atoms with Crippen LogP contribution in [-0.2, 0) is 0 Å². The number of aromatic hydroxyl groups is 2. The van der Waals surface area contributed by atoms with Crippen LogP contribution in [0.1, 0.15) is 16.7 Å². The van der Waals surface area contributed by atoms with Gasteiger partial charge in [-0.15, -0.1) is 6.42 Å². The zero-order valence-electron chi connectivity index (χ0n) is 14.6. The van der Waals surface area contributed by atoms with Crippen LogP contribution in [-0.4, -0.2) is 16.8 Å². The number of terminal acetylenes is 1. The molecule has 28 heavy (non-hydrogen) atoms. The first-order valence-corrected chi connectivity index (χ1v) is 8.08. The average molecular weight is 378 g/mol. The van der Waals surface area contributed by atoms with Crippen molar-refractivity contribution in [3.05, 3.63) is 89.5 Å². The molecule has 0 aromatic heterocycles. The Bertz CT molecular complexity index is 1010. The summed E-state index contributed by atoms with van der Waals surface area (Å²) in [4.78, 5) is 0. The van der Waals surface area contributed by atoms with Crippen LogP contribution in [0.3, 0.4) is 0 Å². The molecule has 3 aromatic rings. The summed E-state index contributed by atoms with van der Waals surface area (Å²) in [7, 11) is 0. The molecule has 0 saturated heterocycles. The van der Waals surface area contributed by atoms with Gasteiger partial charge in [0, 0.05) is 16.7 Å². The van der Waals surface area contributed by atoms with Gasteiger partial charge in [0.15, 0.2) is 0 Å². The molecule has 0 amide bonds. The fourth-order valence-electron chi connectivity index (χ4n) is 2.04. The van der Waals surface area contributed by atoms with E-state index in [1.54, 1.807) is 60.7 Å². The molecule has 0 aliphatic heterocycles. The van der Waals surface area contributed by atoms with Crippen LogP contribution >= 0.6 is 0 Å². The standard InChI is InChI=1S/C15H10F2O2.C8H6O/c16-15(17)19-14-8-6-11(7-9-14)4-5-12-2-1-3-13(18)10-12;1-2-7-4-3-5-8(9)6-7/h1-3,6-10,15,18H;1,3-6,9H. The molecule has 0 unspecified atom stereocenters. The van der Waals surface area contributed by atoms with Crippen LogP contribution in [0.15, 0.2) is 72.8 Å². The minimum Gasteiger partial charge on any atom is -0.508 e. The lowest BCUT2D eigenvalue weighted by atomic mass is 10.2. The number of phenolic OH excluding ortho intramolecular Hbond substituents is 2. The predicted molar refractivity (Wildman–Crippen MR) is 103 cm³/mol. The van der Waals surface area contributed by atoms with Gasteiger partial charge in [-0.2, -0.15) is 8.78 Å². The number of ether oxygens (including phenoxy) is 1. The van der Waals surface area contributed by atoms with Crippen molar-refractivity contribution in [3.8, 4) is 41.4 Å². The van der Waals surface area contributed by atoms with Crippen LogP contribution in [0.2, 0.25) is 0 Å². The molecule has 0 aliphatic carbocycles. The fraction of sp³-hybridized carbons (Fsp3) is 0.0435. The Morgan fingerprint density at radius 3 is 1.79 bits per heavy atom. The molecule has 0 radical (unpaired) electrons. The van der Waals surface area contributed by atoms with E-state index < -0.39 is 6.61 Å². The van der Waals surface area contributed by atoms with E-state index in [2.05, 4.69) is 22.5 Å². The highest BCUT2D eigenvalue weighted by atomic mass is 19.3. The number of phenols is 2. The maximum absolute atomic E-state index is 12.0. The van der Waals surface area contributed by atoms with Crippen LogP contribution < -0.4 is 4.74 Å². The van der Waals surface area contributed by atoms with Crippen molar-refractivity contribution in [1.82, 2.24) is 0 Å². The van der Waals surface area contributed by atoms with E-state index in [-0.39, 0.29) is 17.2 Å². The number of rotatable bonds is 2. The Labute approximate surface area is 161 Å². The summed E-state index contributed by atoms with van der Waals surface area (Å²) in [6.45, 7) is -2.83. The zero-order chi connectivity index (χ0) is 20.4. The summed E-state index contributed by atoms with van der Waals surface area (Å²) in [6.07, 6.45) is 5.06. The van der Waals surface area contributed by atoms with Crippen molar-refractivity contribution in [3.63, 3.8) is 0 Å². The molecular formula is C23H16F2O3. The van der Waals surface area contributed by atoms with E-state index in [0.29, 0.717) is 16.7 Å². The quantitative estimate of drug-likeness (QED) is 0.632. The van der Waals surface area contributed by atoms with E-state index in [0.717, 1.165) is 0 Å². The molecular weight excluding hydrogens is 362 g/mol. The third kappa shape index (κ3) is 7.11.